The summed E-state index contributed by atoms with van der Waals surface area (Å²) < 4.78 is 20.5. The highest BCUT2D eigenvalue weighted by molar-refractivity contribution is 5.93. The third kappa shape index (κ3) is 11.4. The molecule has 3 aromatic rings. The number of ether oxygens (including phenoxy) is 1. The number of H-pyrrole nitrogens is 1. The van der Waals surface area contributed by atoms with E-state index in [-0.39, 0.29) is 31.6 Å². The van der Waals surface area contributed by atoms with Crippen LogP contribution >= 0.6 is 0 Å². The molecule has 8 atom stereocenters. The molecule has 1 fully saturated rings. The van der Waals surface area contributed by atoms with E-state index in [4.69, 9.17) is 10.5 Å². The van der Waals surface area contributed by atoms with E-state index < -0.39 is 95.4 Å². The van der Waals surface area contributed by atoms with Gasteiger partial charge in [-0.1, -0.05) is 24.3 Å². The van der Waals surface area contributed by atoms with Gasteiger partial charge in [-0.15, -0.1) is 0 Å². The Bertz CT molecular complexity index is 1990. The molecule has 1 aromatic heterocycles. The first-order chi connectivity index (χ1) is 26.4. The molecule has 20 heteroatoms. The molecule has 19 nitrogen and oxygen atoms in total. The molecule has 1 saturated heterocycles. The Hall–Kier alpha value is -6.12. The minimum Gasteiger partial charge on any atom is -0.508 e. The van der Waals surface area contributed by atoms with E-state index in [1.807, 2.05) is 0 Å². The van der Waals surface area contributed by atoms with E-state index in [1.54, 1.807) is 0 Å². The zero-order valence-electron chi connectivity index (χ0n) is 30.7. The molecule has 0 aliphatic carbocycles. The van der Waals surface area contributed by atoms with Gasteiger partial charge in [0.25, 0.3) is 5.56 Å². The molecule has 0 spiro atoms. The predicted octanol–water partition coefficient (Wildman–Crippen LogP) is -1.57. The lowest BCUT2D eigenvalue weighted by molar-refractivity contribution is -0.139. The number of hydrogen-bond donors (Lipinski definition) is 9. The molecule has 1 aliphatic rings. The van der Waals surface area contributed by atoms with Gasteiger partial charge in [0.2, 0.25) is 17.7 Å². The van der Waals surface area contributed by atoms with Crippen LogP contribution in [-0.4, -0.2) is 116 Å². The number of urea groups is 1. The van der Waals surface area contributed by atoms with Crippen LogP contribution in [0, 0.1) is 5.82 Å². The summed E-state index contributed by atoms with van der Waals surface area (Å²) in [6.07, 6.45) is -2.52. The van der Waals surface area contributed by atoms with Crippen LogP contribution in [0.1, 0.15) is 37.6 Å². The van der Waals surface area contributed by atoms with Crippen molar-refractivity contribution in [1.29, 1.82) is 0 Å². The Morgan fingerprint density at radius 1 is 0.946 bits per heavy atom. The number of aromatic nitrogens is 2. The smallest absolute Gasteiger partial charge is 0.330 e. The van der Waals surface area contributed by atoms with Crippen LogP contribution in [0.2, 0.25) is 0 Å². The predicted molar refractivity (Wildman–Crippen MR) is 195 cm³/mol. The van der Waals surface area contributed by atoms with Crippen LogP contribution in [0.4, 0.5) is 9.18 Å². The second-order valence-corrected chi connectivity index (χ2v) is 13.4. The number of nitrogens with zero attached hydrogens (tertiary/aromatic N) is 2. The van der Waals surface area contributed by atoms with Gasteiger partial charge in [-0.25, -0.2) is 18.8 Å². The Morgan fingerprint density at radius 3 is 2.12 bits per heavy atom. The number of carboxylic acid groups (broad SMARTS) is 1. The number of aromatic amines is 1. The van der Waals surface area contributed by atoms with Crippen molar-refractivity contribution in [3.8, 4) is 5.75 Å². The molecule has 0 unspecified atom stereocenters. The highest BCUT2D eigenvalue weighted by Gasteiger charge is 2.38. The maximum Gasteiger partial charge on any atom is 0.330 e. The number of benzene rings is 2. The lowest BCUT2D eigenvalue weighted by Crippen LogP contribution is -2.63. The number of amides is 5. The third-order valence-corrected chi connectivity index (χ3v) is 9.16. The lowest BCUT2D eigenvalue weighted by Gasteiger charge is -2.34. The van der Waals surface area contributed by atoms with Gasteiger partial charge in [0.15, 0.2) is 6.23 Å². The molecule has 2 aromatic carbocycles. The number of likely N-dealkylation sites (N-methyl/N-ethyl adjacent to an activating group) is 1. The summed E-state index contributed by atoms with van der Waals surface area (Å²) in [5.74, 6) is -4.33. The summed E-state index contributed by atoms with van der Waals surface area (Å²) in [4.78, 5) is 93.0. The normalized spacial score (nSPS) is 19.1. The first-order valence-corrected chi connectivity index (χ1v) is 17.5. The molecule has 10 N–H and O–H groups in total. The standard InChI is InChI=1S/C36H45FN8O11/c1-18(38)32(51)44(3)19(2)29(31(50)39-17-24-16-27(47)33(56-24)45-13-12-28(48)42-36(45)55)43-30(49)25(14-20-4-8-22(37)9-5-20)40-35(54)41-26(34(52)53)15-21-6-10-23(46)11-7-21/h4-13,18-19,24-27,29,33,46-47H,14-17,38H2,1-3H3,(H,39,50)(H,43,49)(H,52,53)(H2,40,41,54)(H,42,48,55)/t18-,19-,24+,25-,26-,27+,29-,33+/m0/s1. The number of halogens is 1. The number of carbonyl (C=O) groups is 5. The summed E-state index contributed by atoms with van der Waals surface area (Å²) >= 11 is 0. The molecule has 56 heavy (non-hydrogen) atoms. The highest BCUT2D eigenvalue weighted by Crippen LogP contribution is 2.27. The fourth-order valence-electron chi connectivity index (χ4n) is 5.96. The number of phenols is 1. The number of nitrogens with two attached hydrogens (primary N) is 1. The lowest BCUT2D eigenvalue weighted by atomic mass is 10.0. The summed E-state index contributed by atoms with van der Waals surface area (Å²) in [7, 11) is 1.37. The first-order valence-electron chi connectivity index (χ1n) is 17.5. The number of rotatable bonds is 16. The monoisotopic (exact) mass is 784 g/mol. The first kappa shape index (κ1) is 42.6. The van der Waals surface area contributed by atoms with E-state index in [2.05, 4.69) is 26.3 Å². The Labute approximate surface area is 319 Å². The van der Waals surface area contributed by atoms with Crippen molar-refractivity contribution in [3.63, 3.8) is 0 Å². The largest absolute Gasteiger partial charge is 0.508 e. The van der Waals surface area contributed by atoms with Gasteiger partial charge in [-0.05, 0) is 49.2 Å². The zero-order chi connectivity index (χ0) is 41.3. The number of phenolic OH excluding ortho intramolecular Hbond substituents is 1. The quantitative estimate of drug-likeness (QED) is 0.0797. The van der Waals surface area contributed by atoms with Crippen molar-refractivity contribution in [2.75, 3.05) is 13.6 Å². The summed E-state index contributed by atoms with van der Waals surface area (Å²) in [6, 6.07) is 4.18. The molecule has 5 amide bonds. The molecular formula is C36H45FN8O11. The van der Waals surface area contributed by atoms with Crippen molar-refractivity contribution in [2.45, 2.75) is 81.8 Å². The molecule has 0 bridgehead atoms. The average molecular weight is 785 g/mol. The Kier molecular flexibility index (Phi) is 14.4. The average Bonchev–Trinajstić information content (AvgIpc) is 3.52. The van der Waals surface area contributed by atoms with Gasteiger partial charge in [-0.2, -0.15) is 0 Å². The van der Waals surface area contributed by atoms with Crippen LogP contribution < -0.4 is 38.2 Å². The number of aliphatic hydroxyl groups is 1. The Balaban J connectivity index is 1.54. The molecular weight excluding hydrogens is 739 g/mol. The maximum atomic E-state index is 14.0. The van der Waals surface area contributed by atoms with Gasteiger partial charge < -0.3 is 52.0 Å². The van der Waals surface area contributed by atoms with E-state index in [1.165, 1.54) is 57.3 Å². The van der Waals surface area contributed by atoms with Crippen molar-refractivity contribution >= 4 is 29.7 Å². The van der Waals surface area contributed by atoms with Gasteiger partial charge in [0.05, 0.1) is 18.2 Å². The van der Waals surface area contributed by atoms with Crippen LogP contribution in [0.3, 0.4) is 0 Å². The van der Waals surface area contributed by atoms with E-state index in [0.29, 0.717) is 11.1 Å². The molecule has 0 saturated carbocycles. The number of carboxylic acids is 1. The SMILES string of the molecule is C[C@H](N)C(=O)N(C)[C@@H](C)[C@H](NC(=O)[C@H](Cc1ccc(F)cc1)NC(=O)N[C@@H](Cc1ccc(O)cc1)C(=O)O)C(=O)NC[C@H]1C[C@@H](O)[C@H](n2ccc(=O)[nH]c2=O)O1. The Morgan fingerprint density at radius 2 is 1.54 bits per heavy atom. The van der Waals surface area contributed by atoms with Gasteiger partial charge >= 0.3 is 17.7 Å². The van der Waals surface area contributed by atoms with Crippen molar-refractivity contribution in [2.24, 2.45) is 5.73 Å². The minimum atomic E-state index is -1.50. The number of aromatic hydroxyl groups is 1. The van der Waals surface area contributed by atoms with Crippen molar-refractivity contribution < 1.29 is 48.4 Å². The molecule has 1 aliphatic heterocycles. The number of aliphatic hydroxyl groups excluding tert-OH is 1. The fourth-order valence-corrected chi connectivity index (χ4v) is 5.96. The third-order valence-electron chi connectivity index (χ3n) is 9.16. The minimum absolute atomic E-state index is 0.0327. The second kappa shape index (κ2) is 19.0. The molecule has 4 rings (SSSR count). The molecule has 2 heterocycles. The summed E-state index contributed by atoms with van der Waals surface area (Å²) in [6.45, 7) is 2.67. The second-order valence-electron chi connectivity index (χ2n) is 13.4. The fraction of sp³-hybridized carbons (Fsp3) is 0.417. The van der Waals surface area contributed by atoms with Crippen LogP contribution in [-0.2, 0) is 36.8 Å². The summed E-state index contributed by atoms with van der Waals surface area (Å²) in [5, 5.41) is 39.9. The summed E-state index contributed by atoms with van der Waals surface area (Å²) in [5.41, 5.74) is 5.19. The number of carbonyl (C=O) groups excluding carboxylic acids is 4. The number of aliphatic carboxylic acids is 1. The van der Waals surface area contributed by atoms with E-state index in [9.17, 15) is 53.3 Å². The van der Waals surface area contributed by atoms with Crippen LogP contribution in [0.15, 0.2) is 70.4 Å². The zero-order valence-corrected chi connectivity index (χ0v) is 30.7. The molecule has 0 radical (unpaired) electrons. The topological polar surface area (TPSA) is 288 Å². The number of hydrogen-bond acceptors (Lipinski definition) is 11. The highest BCUT2D eigenvalue weighted by atomic mass is 19.1. The number of nitrogens with one attached hydrogen (secondary N) is 5. The van der Waals surface area contributed by atoms with E-state index in [0.717, 1.165) is 33.9 Å². The van der Waals surface area contributed by atoms with Gasteiger partial charge in [-0.3, -0.25) is 28.7 Å². The van der Waals surface area contributed by atoms with Crippen molar-refractivity contribution in [1.82, 2.24) is 35.7 Å². The van der Waals surface area contributed by atoms with Crippen LogP contribution in [0.25, 0.3) is 0 Å². The van der Waals surface area contributed by atoms with Crippen molar-refractivity contribution in [3.05, 3.63) is 98.6 Å². The van der Waals surface area contributed by atoms with Gasteiger partial charge in [0, 0.05) is 45.1 Å². The van der Waals surface area contributed by atoms with E-state index >= 15 is 0 Å². The van der Waals surface area contributed by atoms with Crippen LogP contribution in [0.5, 0.6) is 5.75 Å². The molecule has 302 valence electrons. The van der Waals surface area contributed by atoms with Gasteiger partial charge in [0.1, 0.15) is 35.8 Å². The maximum absolute atomic E-state index is 14.0.